The average molecular weight is 493 g/mol. The number of hydrogen-bond acceptors (Lipinski definition) is 8. The Bertz CT molecular complexity index is 1130. The first kappa shape index (κ1) is 27.1. The summed E-state index contributed by atoms with van der Waals surface area (Å²) in [6.07, 6.45) is 0.0834. The quantitative estimate of drug-likeness (QED) is 0.281. The van der Waals surface area contributed by atoms with Gasteiger partial charge in [-0.05, 0) is 26.0 Å². The van der Waals surface area contributed by atoms with Gasteiger partial charge in [0.2, 0.25) is 5.88 Å². The molecule has 188 valence electrons. The molecule has 0 radical (unpaired) electrons. The second kappa shape index (κ2) is 12.4. The van der Waals surface area contributed by atoms with Gasteiger partial charge in [0.1, 0.15) is 5.76 Å². The van der Waals surface area contributed by atoms with Crippen molar-refractivity contribution in [3.63, 3.8) is 0 Å². The lowest BCUT2D eigenvalue weighted by Crippen LogP contribution is -2.31. The maximum atomic E-state index is 12.7. The minimum Gasteiger partial charge on any atom is -0.391 e. The van der Waals surface area contributed by atoms with Gasteiger partial charge in [0.15, 0.2) is 0 Å². The summed E-state index contributed by atoms with van der Waals surface area (Å²) in [4.78, 5) is 24.4. The lowest BCUT2D eigenvalue weighted by atomic mass is 10.1. The number of nitrogens with two attached hydrogens (primary N) is 1. The molecule has 0 aromatic carbocycles. The summed E-state index contributed by atoms with van der Waals surface area (Å²) in [7, 11) is 0. The van der Waals surface area contributed by atoms with E-state index in [2.05, 4.69) is 35.9 Å². The number of alkyl halides is 3. The van der Waals surface area contributed by atoms with Crippen LogP contribution in [0.25, 0.3) is 11.1 Å². The van der Waals surface area contributed by atoms with Crippen LogP contribution < -0.4 is 21.8 Å². The molecule has 3 aromatic heterocycles. The van der Waals surface area contributed by atoms with Crippen molar-refractivity contribution in [1.29, 1.82) is 0 Å². The highest BCUT2D eigenvalue weighted by Gasteiger charge is 2.31. The number of aryl methyl sites for hydroxylation is 2. The number of rotatable bonds is 7. The molecule has 35 heavy (non-hydrogen) atoms. The van der Waals surface area contributed by atoms with E-state index in [0.717, 1.165) is 29.1 Å². The standard InChI is InChI=1S/C20H20F3N7O3.C2H6/c1-11-18(12(2)33-30-11)13-3-4-15(27-6-13)8-26-10-17(32-24)29-19(31)28-16-5-14(7-25-9-16)20(21,22)23;1-2/h3-7,9-10,26H,8,24H2,1-2H3,(H2,28,29,31);1-2H3/b17-10-;. The molecule has 0 aliphatic rings. The number of hydrogen-bond donors (Lipinski definition) is 4. The molecule has 0 aliphatic heterocycles. The van der Waals surface area contributed by atoms with E-state index in [9.17, 15) is 18.0 Å². The van der Waals surface area contributed by atoms with Gasteiger partial charge in [-0.3, -0.25) is 15.3 Å². The molecule has 0 fully saturated rings. The van der Waals surface area contributed by atoms with E-state index in [-0.39, 0.29) is 18.1 Å². The van der Waals surface area contributed by atoms with Crippen molar-refractivity contribution in [3.8, 4) is 11.1 Å². The van der Waals surface area contributed by atoms with Gasteiger partial charge in [-0.1, -0.05) is 25.1 Å². The molecular formula is C22H26F3N7O3. The molecule has 10 nitrogen and oxygen atoms in total. The Hall–Kier alpha value is -4.13. The predicted octanol–water partition coefficient (Wildman–Crippen LogP) is 4.39. The van der Waals surface area contributed by atoms with E-state index in [4.69, 9.17) is 10.4 Å². The van der Waals surface area contributed by atoms with Gasteiger partial charge < -0.3 is 20.0 Å². The van der Waals surface area contributed by atoms with Crippen LogP contribution in [-0.2, 0) is 17.6 Å². The van der Waals surface area contributed by atoms with E-state index in [1.165, 1.54) is 6.20 Å². The van der Waals surface area contributed by atoms with Crippen LogP contribution in [0, 0.1) is 13.8 Å². The summed E-state index contributed by atoms with van der Waals surface area (Å²) < 4.78 is 43.4. The normalized spacial score (nSPS) is 11.3. The molecule has 2 amide bonds. The zero-order valence-electron chi connectivity index (χ0n) is 19.5. The minimum atomic E-state index is -4.59. The molecule has 0 spiro atoms. The number of nitrogens with one attached hydrogen (secondary N) is 3. The van der Waals surface area contributed by atoms with E-state index in [1.54, 1.807) is 12.3 Å². The first-order valence-electron chi connectivity index (χ1n) is 10.5. The van der Waals surface area contributed by atoms with E-state index in [0.29, 0.717) is 17.7 Å². The number of anilines is 1. The van der Waals surface area contributed by atoms with Crippen molar-refractivity contribution in [1.82, 2.24) is 25.8 Å². The fourth-order valence-corrected chi connectivity index (χ4v) is 2.86. The number of carbonyl (C=O) groups is 1. The Morgan fingerprint density at radius 3 is 2.51 bits per heavy atom. The first-order chi connectivity index (χ1) is 16.7. The van der Waals surface area contributed by atoms with Gasteiger partial charge in [-0.2, -0.15) is 19.1 Å². The molecule has 0 aliphatic carbocycles. The van der Waals surface area contributed by atoms with E-state index in [1.807, 2.05) is 33.8 Å². The lowest BCUT2D eigenvalue weighted by Gasteiger charge is -2.11. The second-order valence-corrected chi connectivity index (χ2v) is 6.78. The number of carbonyl (C=O) groups excluding carboxylic acids is 1. The number of aromatic nitrogens is 3. The number of halogens is 3. The summed E-state index contributed by atoms with van der Waals surface area (Å²) in [5.41, 5.74) is 2.02. The summed E-state index contributed by atoms with van der Waals surface area (Å²) in [6.45, 7) is 7.93. The third-order valence-electron chi connectivity index (χ3n) is 4.35. The number of urea groups is 1. The molecule has 3 heterocycles. The molecule has 5 N–H and O–H groups in total. The second-order valence-electron chi connectivity index (χ2n) is 6.78. The van der Waals surface area contributed by atoms with Crippen LogP contribution in [0.15, 0.2) is 53.4 Å². The van der Waals surface area contributed by atoms with Crippen LogP contribution in [0.4, 0.5) is 23.7 Å². The van der Waals surface area contributed by atoms with Crippen molar-refractivity contribution >= 4 is 11.7 Å². The Labute approximate surface area is 199 Å². The maximum Gasteiger partial charge on any atom is 0.417 e. The van der Waals surface area contributed by atoms with Crippen molar-refractivity contribution in [2.24, 2.45) is 5.90 Å². The van der Waals surface area contributed by atoms with Gasteiger partial charge in [-0.15, -0.1) is 0 Å². The zero-order chi connectivity index (χ0) is 26.0. The molecule has 3 aromatic rings. The number of pyridine rings is 2. The first-order valence-corrected chi connectivity index (χ1v) is 10.5. The number of amides is 2. The third-order valence-corrected chi connectivity index (χ3v) is 4.35. The Morgan fingerprint density at radius 1 is 1.20 bits per heavy atom. The predicted molar refractivity (Wildman–Crippen MR) is 122 cm³/mol. The van der Waals surface area contributed by atoms with E-state index >= 15 is 0 Å². The Morgan fingerprint density at radius 2 is 1.94 bits per heavy atom. The highest BCUT2D eigenvalue weighted by atomic mass is 19.4. The number of nitrogens with zero attached hydrogens (tertiary/aromatic N) is 3. The molecule has 0 atom stereocenters. The van der Waals surface area contributed by atoms with Gasteiger partial charge in [0.05, 0.1) is 41.6 Å². The van der Waals surface area contributed by atoms with Crippen molar-refractivity contribution in [2.75, 3.05) is 5.32 Å². The van der Waals surface area contributed by atoms with Crippen molar-refractivity contribution in [2.45, 2.75) is 40.4 Å². The molecular weight excluding hydrogens is 467 g/mol. The molecule has 13 heteroatoms. The molecule has 0 saturated carbocycles. The van der Waals surface area contributed by atoms with E-state index < -0.39 is 17.8 Å². The van der Waals surface area contributed by atoms with Gasteiger partial charge in [0, 0.05) is 23.5 Å². The lowest BCUT2D eigenvalue weighted by molar-refractivity contribution is -0.137. The summed E-state index contributed by atoms with van der Waals surface area (Å²) in [6, 6.07) is 3.54. The van der Waals surface area contributed by atoms with Crippen molar-refractivity contribution in [3.05, 3.63) is 71.6 Å². The fourth-order valence-electron chi connectivity index (χ4n) is 2.86. The highest BCUT2D eigenvalue weighted by molar-refractivity contribution is 5.90. The van der Waals surface area contributed by atoms with Crippen LogP contribution in [0.1, 0.15) is 36.6 Å². The monoisotopic (exact) mass is 493 g/mol. The smallest absolute Gasteiger partial charge is 0.391 e. The van der Waals surface area contributed by atoms with Crippen molar-refractivity contribution < 1.29 is 27.3 Å². The SMILES string of the molecule is CC.Cc1noc(C)c1-c1ccc(CN/C=C(/NC(=O)Nc2cncc(C(F)(F)F)c2)ON)nc1. The maximum absolute atomic E-state index is 12.7. The van der Waals surface area contributed by atoms with Crippen LogP contribution in [-0.4, -0.2) is 21.2 Å². The van der Waals surface area contributed by atoms with Crippen LogP contribution in [0.3, 0.4) is 0 Å². The molecule has 0 unspecified atom stereocenters. The third kappa shape index (κ3) is 7.71. The Kier molecular flexibility index (Phi) is 9.58. The van der Waals surface area contributed by atoms with Gasteiger partial charge in [0.25, 0.3) is 0 Å². The fraction of sp³-hybridized carbons (Fsp3) is 0.273. The molecule has 0 bridgehead atoms. The summed E-state index contributed by atoms with van der Waals surface area (Å²) >= 11 is 0. The molecule has 0 saturated heterocycles. The van der Waals surface area contributed by atoms with Gasteiger partial charge >= 0.3 is 12.2 Å². The largest absolute Gasteiger partial charge is 0.417 e. The Balaban J connectivity index is 0.00000210. The molecule has 3 rings (SSSR count). The highest BCUT2D eigenvalue weighted by Crippen LogP contribution is 2.30. The average Bonchev–Trinajstić information content (AvgIpc) is 3.17. The summed E-state index contributed by atoms with van der Waals surface area (Å²) in [5, 5.41) is 11.2. The van der Waals surface area contributed by atoms with Gasteiger partial charge in [-0.25, -0.2) is 4.79 Å². The van der Waals surface area contributed by atoms with Crippen LogP contribution in [0.5, 0.6) is 0 Å². The van der Waals surface area contributed by atoms with Crippen LogP contribution in [0.2, 0.25) is 0 Å². The minimum absolute atomic E-state index is 0.158. The van der Waals surface area contributed by atoms with Crippen LogP contribution >= 0.6 is 0 Å². The topological polar surface area (TPSA) is 140 Å². The summed E-state index contributed by atoms with van der Waals surface area (Å²) in [5.74, 6) is 5.65. The zero-order valence-corrected chi connectivity index (χ0v) is 19.5.